The Bertz CT molecular complexity index is 801. The van der Waals surface area contributed by atoms with Crippen LogP contribution >= 0.6 is 0 Å². The average Bonchev–Trinajstić information content (AvgIpc) is 2.52. The molecule has 0 saturated heterocycles. The highest BCUT2D eigenvalue weighted by atomic mass is 16.5. The van der Waals surface area contributed by atoms with E-state index in [2.05, 4.69) is 15.0 Å². The third kappa shape index (κ3) is 3.03. The van der Waals surface area contributed by atoms with Crippen molar-refractivity contribution in [2.45, 2.75) is 13.8 Å². The normalized spacial score (nSPS) is 10.5. The summed E-state index contributed by atoms with van der Waals surface area (Å²) in [7, 11) is 0. The average molecular weight is 293 g/mol. The van der Waals surface area contributed by atoms with Crippen LogP contribution in [0.4, 0.5) is 0 Å². The zero-order valence-electron chi connectivity index (χ0n) is 12.3. The van der Waals surface area contributed by atoms with Crippen LogP contribution in [0.1, 0.15) is 11.1 Å². The van der Waals surface area contributed by atoms with Gasteiger partial charge in [0, 0.05) is 0 Å². The second-order valence-corrected chi connectivity index (χ2v) is 5.03. The number of rotatable bonds is 3. The van der Waals surface area contributed by atoms with Crippen molar-refractivity contribution < 1.29 is 9.84 Å². The molecule has 0 amide bonds. The van der Waals surface area contributed by atoms with Gasteiger partial charge < -0.3 is 9.84 Å². The summed E-state index contributed by atoms with van der Waals surface area (Å²) in [4.78, 5) is 12.4. The summed E-state index contributed by atoms with van der Waals surface area (Å²) >= 11 is 0. The molecule has 0 aliphatic carbocycles. The maximum atomic E-state index is 9.96. The number of benzene rings is 2. The van der Waals surface area contributed by atoms with Gasteiger partial charge in [-0.05, 0) is 38.1 Å². The molecule has 5 nitrogen and oxygen atoms in total. The van der Waals surface area contributed by atoms with Gasteiger partial charge in [0.2, 0.25) is 0 Å². The van der Waals surface area contributed by atoms with Gasteiger partial charge in [0.25, 0.3) is 0 Å². The van der Waals surface area contributed by atoms with Crippen molar-refractivity contribution in [3.8, 4) is 28.9 Å². The van der Waals surface area contributed by atoms with Crippen LogP contribution in [0.25, 0.3) is 11.4 Å². The summed E-state index contributed by atoms with van der Waals surface area (Å²) in [6.45, 7) is 3.94. The van der Waals surface area contributed by atoms with Gasteiger partial charge in [0.05, 0.1) is 5.56 Å². The van der Waals surface area contributed by atoms with Crippen LogP contribution in [0, 0.1) is 13.8 Å². The van der Waals surface area contributed by atoms with E-state index in [1.54, 1.807) is 6.07 Å². The number of phenolic OH excluding ortho intramolecular Hbond substituents is 1. The van der Waals surface area contributed by atoms with Crippen molar-refractivity contribution in [3.63, 3.8) is 0 Å². The molecule has 1 aromatic heterocycles. The third-order valence-electron chi connectivity index (χ3n) is 3.17. The molecule has 0 aliphatic rings. The Morgan fingerprint density at radius 1 is 0.909 bits per heavy atom. The number of aromatic hydroxyl groups is 1. The number of ether oxygens (including phenoxy) is 1. The molecule has 1 heterocycles. The van der Waals surface area contributed by atoms with E-state index in [0.717, 1.165) is 11.1 Å². The SMILES string of the molecule is Cc1ccc(Oc2ncnc(-c3cc(C)ccc3O)n2)cc1. The fourth-order valence-corrected chi connectivity index (χ4v) is 2.00. The maximum absolute atomic E-state index is 9.96. The van der Waals surface area contributed by atoms with Crippen molar-refractivity contribution in [1.29, 1.82) is 0 Å². The molecule has 0 aliphatic heterocycles. The Morgan fingerprint density at radius 3 is 2.41 bits per heavy atom. The minimum atomic E-state index is 0.123. The van der Waals surface area contributed by atoms with Gasteiger partial charge in [-0.15, -0.1) is 0 Å². The number of nitrogens with zero attached hydrogens (tertiary/aromatic N) is 3. The van der Waals surface area contributed by atoms with Gasteiger partial charge in [0.15, 0.2) is 5.82 Å². The van der Waals surface area contributed by atoms with Crippen LogP contribution in [0.15, 0.2) is 48.8 Å². The lowest BCUT2D eigenvalue weighted by molar-refractivity contribution is 0.439. The Balaban J connectivity index is 1.92. The highest BCUT2D eigenvalue weighted by molar-refractivity contribution is 5.64. The number of hydrogen-bond acceptors (Lipinski definition) is 5. The summed E-state index contributed by atoms with van der Waals surface area (Å²) < 4.78 is 5.62. The Morgan fingerprint density at radius 2 is 1.64 bits per heavy atom. The minimum Gasteiger partial charge on any atom is -0.507 e. The molecular weight excluding hydrogens is 278 g/mol. The van der Waals surface area contributed by atoms with E-state index in [4.69, 9.17) is 4.74 Å². The van der Waals surface area contributed by atoms with Crippen LogP contribution in [-0.4, -0.2) is 20.1 Å². The lowest BCUT2D eigenvalue weighted by Gasteiger charge is -2.07. The topological polar surface area (TPSA) is 68.1 Å². The van der Waals surface area contributed by atoms with Crippen molar-refractivity contribution in [1.82, 2.24) is 15.0 Å². The molecule has 5 heteroatoms. The molecule has 3 aromatic rings. The van der Waals surface area contributed by atoms with Gasteiger partial charge in [-0.2, -0.15) is 9.97 Å². The molecular formula is C17H15N3O2. The standard InChI is InChI=1S/C17H15N3O2/c1-11-3-6-13(7-4-11)22-17-19-10-18-16(20-17)14-9-12(2)5-8-15(14)21/h3-10,21H,1-2H3. The Hall–Kier alpha value is -2.95. The Labute approximate surface area is 128 Å². The fourth-order valence-electron chi connectivity index (χ4n) is 2.00. The summed E-state index contributed by atoms with van der Waals surface area (Å²) in [6.07, 6.45) is 1.37. The first kappa shape index (κ1) is 14.0. The second kappa shape index (κ2) is 5.81. The fraction of sp³-hybridized carbons (Fsp3) is 0.118. The quantitative estimate of drug-likeness (QED) is 0.798. The predicted octanol–water partition coefficient (Wildman–Crippen LogP) is 3.65. The zero-order valence-corrected chi connectivity index (χ0v) is 12.3. The number of aryl methyl sites for hydroxylation is 2. The highest BCUT2D eigenvalue weighted by Crippen LogP contribution is 2.28. The molecule has 0 radical (unpaired) electrons. The molecule has 22 heavy (non-hydrogen) atoms. The van der Waals surface area contributed by atoms with E-state index in [1.165, 1.54) is 6.33 Å². The van der Waals surface area contributed by atoms with Crippen LogP contribution in [-0.2, 0) is 0 Å². The molecule has 0 atom stereocenters. The van der Waals surface area contributed by atoms with Gasteiger partial charge in [-0.25, -0.2) is 4.98 Å². The van der Waals surface area contributed by atoms with E-state index in [1.807, 2.05) is 50.2 Å². The molecule has 0 saturated carbocycles. The summed E-state index contributed by atoms with van der Waals surface area (Å²) in [5.74, 6) is 1.15. The van der Waals surface area contributed by atoms with E-state index in [-0.39, 0.29) is 11.8 Å². The van der Waals surface area contributed by atoms with Crippen LogP contribution in [0.5, 0.6) is 17.5 Å². The lowest BCUT2D eigenvalue weighted by Crippen LogP contribution is -1.96. The number of aromatic nitrogens is 3. The van der Waals surface area contributed by atoms with Gasteiger partial charge in [-0.3, -0.25) is 0 Å². The first-order chi connectivity index (χ1) is 10.6. The van der Waals surface area contributed by atoms with E-state index in [0.29, 0.717) is 17.1 Å². The minimum absolute atomic E-state index is 0.123. The number of phenols is 1. The molecule has 0 unspecified atom stereocenters. The molecule has 1 N–H and O–H groups in total. The van der Waals surface area contributed by atoms with Crippen LogP contribution in [0.2, 0.25) is 0 Å². The molecule has 0 fully saturated rings. The molecule has 2 aromatic carbocycles. The van der Waals surface area contributed by atoms with Crippen molar-refractivity contribution in [2.24, 2.45) is 0 Å². The van der Waals surface area contributed by atoms with Crippen molar-refractivity contribution in [3.05, 3.63) is 59.9 Å². The first-order valence-electron chi connectivity index (χ1n) is 6.85. The van der Waals surface area contributed by atoms with Crippen LogP contribution < -0.4 is 4.74 Å². The van der Waals surface area contributed by atoms with E-state index < -0.39 is 0 Å². The predicted molar refractivity (Wildman–Crippen MR) is 82.9 cm³/mol. The summed E-state index contributed by atoms with van der Waals surface area (Å²) in [6, 6.07) is 13.0. The van der Waals surface area contributed by atoms with Gasteiger partial charge in [0.1, 0.15) is 17.8 Å². The van der Waals surface area contributed by atoms with E-state index in [9.17, 15) is 5.11 Å². The maximum Gasteiger partial charge on any atom is 0.325 e. The number of hydrogen-bond donors (Lipinski definition) is 1. The molecule has 0 bridgehead atoms. The van der Waals surface area contributed by atoms with Crippen molar-refractivity contribution >= 4 is 0 Å². The van der Waals surface area contributed by atoms with Crippen molar-refractivity contribution in [2.75, 3.05) is 0 Å². The molecule has 0 spiro atoms. The van der Waals surface area contributed by atoms with Gasteiger partial charge >= 0.3 is 6.01 Å². The summed E-state index contributed by atoms with van der Waals surface area (Å²) in [5, 5.41) is 9.96. The largest absolute Gasteiger partial charge is 0.507 e. The first-order valence-corrected chi connectivity index (χ1v) is 6.85. The van der Waals surface area contributed by atoms with Crippen LogP contribution in [0.3, 0.4) is 0 Å². The zero-order chi connectivity index (χ0) is 15.5. The smallest absolute Gasteiger partial charge is 0.325 e. The third-order valence-corrected chi connectivity index (χ3v) is 3.17. The van der Waals surface area contributed by atoms with E-state index >= 15 is 0 Å². The van der Waals surface area contributed by atoms with Gasteiger partial charge in [-0.1, -0.05) is 29.3 Å². The second-order valence-electron chi connectivity index (χ2n) is 5.03. The molecule has 3 rings (SSSR count). The Kier molecular flexibility index (Phi) is 3.70. The monoisotopic (exact) mass is 293 g/mol. The summed E-state index contributed by atoms with van der Waals surface area (Å²) in [5.41, 5.74) is 2.71. The lowest BCUT2D eigenvalue weighted by atomic mass is 10.1. The molecule has 110 valence electrons. The highest BCUT2D eigenvalue weighted by Gasteiger charge is 2.10.